The first-order chi connectivity index (χ1) is 14.7. The average molecular weight is 425 g/mol. The molecule has 2 aliphatic rings. The third-order valence-corrected chi connectivity index (χ3v) is 7.16. The van der Waals surface area contributed by atoms with E-state index in [4.69, 9.17) is 19.4 Å². The van der Waals surface area contributed by atoms with Crippen molar-refractivity contribution in [2.75, 3.05) is 45.4 Å². The van der Waals surface area contributed by atoms with Gasteiger partial charge < -0.3 is 14.4 Å². The number of fused-ring (bicyclic) bond motifs is 3. The lowest BCUT2D eigenvalue weighted by atomic mass is 10.1. The molecular weight excluding hydrogens is 396 g/mol. The van der Waals surface area contributed by atoms with Crippen molar-refractivity contribution in [3.63, 3.8) is 0 Å². The summed E-state index contributed by atoms with van der Waals surface area (Å²) in [6, 6.07) is 8.27. The fraction of sp³-hybridized carbons (Fsp3) is 0.478. The van der Waals surface area contributed by atoms with Crippen molar-refractivity contribution in [3.05, 3.63) is 46.1 Å². The van der Waals surface area contributed by atoms with Crippen molar-refractivity contribution in [3.8, 4) is 5.75 Å². The van der Waals surface area contributed by atoms with Crippen LogP contribution in [0.4, 0.5) is 5.82 Å². The SMILES string of the molecule is COc1cccc(CN(C)c2nc(CN3CCOCC3)nc3sc4c(c23)CCC4)c1. The topological polar surface area (TPSA) is 50.7 Å². The van der Waals surface area contributed by atoms with Gasteiger partial charge in [-0.15, -0.1) is 11.3 Å². The molecule has 1 aromatic carbocycles. The second-order valence-electron chi connectivity index (χ2n) is 8.10. The lowest BCUT2D eigenvalue weighted by molar-refractivity contribution is 0.0331. The predicted molar refractivity (Wildman–Crippen MR) is 121 cm³/mol. The highest BCUT2D eigenvalue weighted by Crippen LogP contribution is 2.40. The molecule has 158 valence electrons. The summed E-state index contributed by atoms with van der Waals surface area (Å²) < 4.78 is 10.9. The molecule has 0 spiro atoms. The summed E-state index contributed by atoms with van der Waals surface area (Å²) in [4.78, 5) is 17.4. The van der Waals surface area contributed by atoms with Gasteiger partial charge in [0, 0.05) is 31.6 Å². The van der Waals surface area contributed by atoms with E-state index in [-0.39, 0.29) is 0 Å². The molecule has 6 nitrogen and oxygen atoms in total. The van der Waals surface area contributed by atoms with Crippen LogP contribution >= 0.6 is 11.3 Å². The van der Waals surface area contributed by atoms with Crippen LogP contribution in [0.15, 0.2) is 24.3 Å². The molecule has 1 aliphatic heterocycles. The summed E-state index contributed by atoms with van der Waals surface area (Å²) in [6.07, 6.45) is 3.56. The number of ether oxygens (including phenoxy) is 2. The molecule has 30 heavy (non-hydrogen) atoms. The molecule has 0 amide bonds. The summed E-state index contributed by atoms with van der Waals surface area (Å²) in [5.41, 5.74) is 2.69. The zero-order valence-electron chi connectivity index (χ0n) is 17.7. The number of methoxy groups -OCH3 is 1. The Bertz CT molecular complexity index is 1050. The Morgan fingerprint density at radius 1 is 1.20 bits per heavy atom. The lowest BCUT2D eigenvalue weighted by Gasteiger charge is -2.26. The highest BCUT2D eigenvalue weighted by atomic mass is 32.1. The van der Waals surface area contributed by atoms with Crippen LogP contribution in [-0.4, -0.2) is 55.3 Å². The van der Waals surface area contributed by atoms with Gasteiger partial charge in [0.05, 0.1) is 32.3 Å². The van der Waals surface area contributed by atoms with Gasteiger partial charge in [0.15, 0.2) is 0 Å². The van der Waals surface area contributed by atoms with Gasteiger partial charge in [0.2, 0.25) is 0 Å². The molecule has 3 aromatic rings. The minimum atomic E-state index is 0.780. The number of benzene rings is 1. The monoisotopic (exact) mass is 424 g/mol. The molecule has 0 atom stereocenters. The number of rotatable bonds is 6. The van der Waals surface area contributed by atoms with Crippen molar-refractivity contribution in [1.82, 2.24) is 14.9 Å². The van der Waals surface area contributed by atoms with Crippen LogP contribution in [0, 0.1) is 0 Å². The largest absolute Gasteiger partial charge is 0.497 e. The average Bonchev–Trinajstić information content (AvgIpc) is 3.35. The second kappa shape index (κ2) is 8.49. The van der Waals surface area contributed by atoms with Gasteiger partial charge >= 0.3 is 0 Å². The first-order valence-corrected chi connectivity index (χ1v) is 11.5. The zero-order chi connectivity index (χ0) is 20.5. The molecule has 0 saturated carbocycles. The Balaban J connectivity index is 1.50. The Labute approximate surface area is 181 Å². The number of anilines is 1. The third-order valence-electron chi connectivity index (χ3n) is 5.98. The molecule has 1 aliphatic carbocycles. The number of aryl methyl sites for hydroxylation is 2. The normalized spacial score (nSPS) is 16.7. The maximum absolute atomic E-state index is 5.50. The molecule has 1 fully saturated rings. The van der Waals surface area contributed by atoms with Gasteiger partial charge in [-0.25, -0.2) is 9.97 Å². The smallest absolute Gasteiger partial charge is 0.146 e. The van der Waals surface area contributed by atoms with Crippen molar-refractivity contribution in [2.45, 2.75) is 32.4 Å². The lowest BCUT2D eigenvalue weighted by Crippen LogP contribution is -2.36. The van der Waals surface area contributed by atoms with Gasteiger partial charge in [-0.2, -0.15) is 0 Å². The van der Waals surface area contributed by atoms with Crippen LogP contribution in [0.2, 0.25) is 0 Å². The van der Waals surface area contributed by atoms with E-state index in [0.29, 0.717) is 0 Å². The number of hydrogen-bond donors (Lipinski definition) is 0. The number of morpholine rings is 1. The Hall–Kier alpha value is -2.22. The van der Waals surface area contributed by atoms with E-state index in [1.807, 2.05) is 23.5 Å². The Morgan fingerprint density at radius 2 is 2.07 bits per heavy atom. The maximum atomic E-state index is 5.50. The second-order valence-corrected chi connectivity index (χ2v) is 9.18. The standard InChI is InChI=1S/C23H28N4O2S/c1-26(14-16-5-3-6-17(13-16)28-2)22-21-18-7-4-8-19(18)30-23(21)25-20(24-22)15-27-9-11-29-12-10-27/h3,5-6,13H,4,7-12,14-15H2,1-2H3. The molecule has 1 saturated heterocycles. The van der Waals surface area contributed by atoms with E-state index < -0.39 is 0 Å². The number of aromatic nitrogens is 2. The highest BCUT2D eigenvalue weighted by Gasteiger charge is 2.24. The molecule has 5 rings (SSSR count). The summed E-state index contributed by atoms with van der Waals surface area (Å²) in [5, 5.41) is 1.27. The predicted octanol–water partition coefficient (Wildman–Crippen LogP) is 3.66. The molecule has 0 radical (unpaired) electrons. The van der Waals surface area contributed by atoms with E-state index in [1.165, 1.54) is 34.2 Å². The molecule has 0 unspecified atom stereocenters. The van der Waals surface area contributed by atoms with Crippen molar-refractivity contribution in [2.24, 2.45) is 0 Å². The molecule has 3 heterocycles. The minimum Gasteiger partial charge on any atom is -0.497 e. The van der Waals surface area contributed by atoms with Crippen LogP contribution in [0.3, 0.4) is 0 Å². The Morgan fingerprint density at radius 3 is 2.90 bits per heavy atom. The molecule has 0 bridgehead atoms. The van der Waals surface area contributed by atoms with Crippen molar-refractivity contribution < 1.29 is 9.47 Å². The zero-order valence-corrected chi connectivity index (χ0v) is 18.5. The van der Waals surface area contributed by atoms with Crippen LogP contribution in [0.25, 0.3) is 10.2 Å². The van der Waals surface area contributed by atoms with Crippen LogP contribution in [-0.2, 0) is 30.7 Å². The first-order valence-electron chi connectivity index (χ1n) is 10.7. The van der Waals surface area contributed by atoms with Gasteiger partial charge in [-0.05, 0) is 42.5 Å². The van der Waals surface area contributed by atoms with Crippen LogP contribution in [0.1, 0.15) is 28.2 Å². The van der Waals surface area contributed by atoms with E-state index in [9.17, 15) is 0 Å². The van der Waals surface area contributed by atoms with Gasteiger partial charge in [-0.3, -0.25) is 4.90 Å². The summed E-state index contributed by atoms with van der Waals surface area (Å²) in [5.74, 6) is 2.86. The van der Waals surface area contributed by atoms with E-state index in [1.54, 1.807) is 7.11 Å². The highest BCUT2D eigenvalue weighted by molar-refractivity contribution is 7.19. The number of thiophene rings is 1. The van der Waals surface area contributed by atoms with Crippen molar-refractivity contribution >= 4 is 27.4 Å². The van der Waals surface area contributed by atoms with Crippen molar-refractivity contribution in [1.29, 1.82) is 0 Å². The van der Waals surface area contributed by atoms with Gasteiger partial charge in [0.1, 0.15) is 22.2 Å². The van der Waals surface area contributed by atoms with E-state index in [2.05, 4.69) is 29.0 Å². The fourth-order valence-electron chi connectivity index (χ4n) is 4.45. The van der Waals surface area contributed by atoms with Gasteiger partial charge in [0.25, 0.3) is 0 Å². The van der Waals surface area contributed by atoms with Crippen LogP contribution in [0.5, 0.6) is 5.75 Å². The first kappa shape index (κ1) is 19.7. The minimum absolute atomic E-state index is 0.780. The third kappa shape index (κ3) is 3.89. The Kier molecular flexibility index (Phi) is 5.58. The maximum Gasteiger partial charge on any atom is 0.146 e. The summed E-state index contributed by atoms with van der Waals surface area (Å²) in [6.45, 7) is 5.03. The molecule has 2 aromatic heterocycles. The van der Waals surface area contributed by atoms with E-state index >= 15 is 0 Å². The molecular formula is C23H28N4O2S. The number of nitrogens with zero attached hydrogens (tertiary/aromatic N) is 4. The molecule has 7 heteroatoms. The van der Waals surface area contributed by atoms with E-state index in [0.717, 1.165) is 68.0 Å². The summed E-state index contributed by atoms with van der Waals surface area (Å²) >= 11 is 1.87. The quantitative estimate of drug-likeness (QED) is 0.602. The van der Waals surface area contributed by atoms with Crippen LogP contribution < -0.4 is 9.64 Å². The summed E-state index contributed by atoms with van der Waals surface area (Å²) in [7, 11) is 3.85. The fourth-order valence-corrected chi connectivity index (χ4v) is 5.72. The molecule has 0 N–H and O–H groups in total. The number of hydrogen-bond acceptors (Lipinski definition) is 7. The van der Waals surface area contributed by atoms with Gasteiger partial charge in [-0.1, -0.05) is 12.1 Å².